The SMILES string of the molecule is CC(C)CCCCCCCCCCCCCCCCCC(=O)OC[C@H](COP(=O)(O)OCC(O)COP(=O)(O)OC[C@@H](COC(=O)CCCCCCCCCC(C)C)OC(=O)CCCCCCCCC(C)C)OC(=O)CCCCCCCCCCCCCCCCCC(C)C. The summed E-state index contributed by atoms with van der Waals surface area (Å²) in [6, 6.07) is 0. The van der Waals surface area contributed by atoms with Gasteiger partial charge in [0.1, 0.15) is 19.3 Å². The molecule has 3 unspecified atom stereocenters. The number of phosphoric ester groups is 2. The second-order valence-corrected chi connectivity index (χ2v) is 32.2. The molecule has 0 aromatic carbocycles. The zero-order chi connectivity index (χ0) is 70.3. The van der Waals surface area contributed by atoms with Crippen molar-refractivity contribution in [3.63, 3.8) is 0 Å². The maximum Gasteiger partial charge on any atom is 0.472 e. The number of hydrogen-bond acceptors (Lipinski definition) is 15. The van der Waals surface area contributed by atoms with Crippen molar-refractivity contribution < 1.29 is 80.2 Å². The molecule has 564 valence electrons. The first kappa shape index (κ1) is 93.1. The van der Waals surface area contributed by atoms with Crippen molar-refractivity contribution in [1.29, 1.82) is 0 Å². The number of aliphatic hydroxyl groups excluding tert-OH is 1. The van der Waals surface area contributed by atoms with Crippen LogP contribution >= 0.6 is 15.6 Å². The molecule has 0 radical (unpaired) electrons. The molecule has 0 aliphatic carbocycles. The van der Waals surface area contributed by atoms with Gasteiger partial charge in [-0.15, -0.1) is 0 Å². The zero-order valence-corrected chi connectivity index (χ0v) is 64.1. The Kier molecular flexibility index (Phi) is 64.0. The third kappa shape index (κ3) is 70.3. The second-order valence-electron chi connectivity index (χ2n) is 29.3. The van der Waals surface area contributed by atoms with Gasteiger partial charge in [-0.1, -0.05) is 331 Å². The van der Waals surface area contributed by atoms with Crippen LogP contribution in [0.25, 0.3) is 0 Å². The summed E-state index contributed by atoms with van der Waals surface area (Å²) < 4.78 is 68.4. The minimum atomic E-state index is -4.96. The Balaban J connectivity index is 5.21. The molecule has 0 aliphatic rings. The summed E-state index contributed by atoms with van der Waals surface area (Å²) in [6.07, 6.45) is 50.3. The molecule has 3 N–H and O–H groups in total. The molecule has 0 saturated heterocycles. The lowest BCUT2D eigenvalue weighted by Crippen LogP contribution is -2.30. The number of carbonyl (C=O) groups is 4. The number of aliphatic hydroxyl groups is 1. The third-order valence-corrected chi connectivity index (χ3v) is 19.5. The van der Waals surface area contributed by atoms with E-state index in [1.165, 1.54) is 180 Å². The highest BCUT2D eigenvalue weighted by Gasteiger charge is 2.30. The van der Waals surface area contributed by atoms with Crippen LogP contribution in [-0.4, -0.2) is 96.7 Å². The van der Waals surface area contributed by atoms with Crippen molar-refractivity contribution in [3.8, 4) is 0 Å². The first-order chi connectivity index (χ1) is 45.6. The number of unbranched alkanes of at least 4 members (excludes halogenated alkanes) is 39. The van der Waals surface area contributed by atoms with Gasteiger partial charge in [-0.2, -0.15) is 0 Å². The van der Waals surface area contributed by atoms with Crippen LogP contribution in [0.15, 0.2) is 0 Å². The van der Waals surface area contributed by atoms with E-state index in [9.17, 15) is 43.2 Å². The van der Waals surface area contributed by atoms with Gasteiger partial charge in [-0.05, 0) is 49.4 Å². The first-order valence-corrected chi connectivity index (χ1v) is 42.2. The molecule has 0 spiro atoms. The van der Waals surface area contributed by atoms with E-state index >= 15 is 0 Å². The number of hydrogen-bond donors (Lipinski definition) is 3. The lowest BCUT2D eigenvalue weighted by atomic mass is 10.0. The van der Waals surface area contributed by atoms with Gasteiger partial charge in [0.05, 0.1) is 26.4 Å². The Morgan fingerprint density at radius 1 is 0.263 bits per heavy atom. The lowest BCUT2D eigenvalue weighted by molar-refractivity contribution is -0.161. The van der Waals surface area contributed by atoms with Crippen LogP contribution in [0.2, 0.25) is 0 Å². The summed E-state index contributed by atoms with van der Waals surface area (Å²) in [6.45, 7) is 14.1. The molecule has 0 heterocycles. The van der Waals surface area contributed by atoms with Gasteiger partial charge in [0, 0.05) is 25.7 Å². The van der Waals surface area contributed by atoms with E-state index in [1.54, 1.807) is 0 Å². The number of phosphoric acid groups is 2. The standard InChI is InChI=1S/C76H148O17P2/c1-66(2)52-44-36-28-23-19-15-11-9-13-17-21-25-31-40-48-56-73(78)86-62-71(92-75(80)58-50-42-32-26-22-18-14-10-12-16-20-24-29-37-45-53-67(3)4)64-90-94(82,83)88-60-70(77)61-89-95(84,85)91-65-72(93-76(81)59-51-43-35-34-39-47-55-69(7)8)63-87-74(79)57-49-41-33-27-30-38-46-54-68(5)6/h66-72,77H,9-65H2,1-8H3,(H,82,83)(H,84,85)/t70?,71-,72-/m1/s1. The number of esters is 4. The highest BCUT2D eigenvalue weighted by molar-refractivity contribution is 7.47. The minimum absolute atomic E-state index is 0.101. The van der Waals surface area contributed by atoms with Crippen LogP contribution in [0, 0.1) is 23.7 Å². The summed E-state index contributed by atoms with van der Waals surface area (Å²) >= 11 is 0. The molecular weight excluding hydrogens is 1250 g/mol. The van der Waals surface area contributed by atoms with Gasteiger partial charge < -0.3 is 33.8 Å². The summed E-state index contributed by atoms with van der Waals surface area (Å²) in [5.74, 6) is 0.857. The Hall–Kier alpha value is -1.94. The van der Waals surface area contributed by atoms with E-state index in [2.05, 4.69) is 55.4 Å². The maximum absolute atomic E-state index is 13.1. The van der Waals surface area contributed by atoms with Gasteiger partial charge in [0.15, 0.2) is 12.2 Å². The summed E-state index contributed by atoms with van der Waals surface area (Å²) in [5, 5.41) is 10.6. The molecule has 19 heteroatoms. The van der Waals surface area contributed by atoms with Crippen molar-refractivity contribution in [2.45, 2.75) is 401 Å². The van der Waals surface area contributed by atoms with Gasteiger partial charge in [-0.3, -0.25) is 37.3 Å². The molecule has 0 aromatic heterocycles. The van der Waals surface area contributed by atoms with Crippen LogP contribution in [-0.2, 0) is 65.4 Å². The predicted octanol–water partition coefficient (Wildman–Crippen LogP) is 22.0. The van der Waals surface area contributed by atoms with Crippen LogP contribution in [0.3, 0.4) is 0 Å². The fourth-order valence-electron chi connectivity index (χ4n) is 11.6. The number of ether oxygens (including phenoxy) is 4. The normalized spacial score (nSPS) is 14.1. The predicted molar refractivity (Wildman–Crippen MR) is 386 cm³/mol. The van der Waals surface area contributed by atoms with E-state index in [0.717, 1.165) is 108 Å². The van der Waals surface area contributed by atoms with Crippen molar-refractivity contribution in [2.24, 2.45) is 23.7 Å². The van der Waals surface area contributed by atoms with Crippen LogP contribution in [0.4, 0.5) is 0 Å². The largest absolute Gasteiger partial charge is 0.472 e. The number of rotatable bonds is 73. The van der Waals surface area contributed by atoms with Crippen molar-refractivity contribution in [1.82, 2.24) is 0 Å². The molecule has 5 atom stereocenters. The summed E-state index contributed by atoms with van der Waals surface area (Å²) in [4.78, 5) is 72.7. The van der Waals surface area contributed by atoms with Gasteiger partial charge in [-0.25, -0.2) is 9.13 Å². The van der Waals surface area contributed by atoms with Crippen molar-refractivity contribution in [2.75, 3.05) is 39.6 Å². The molecule has 0 amide bonds. The molecule has 0 aliphatic heterocycles. The van der Waals surface area contributed by atoms with Crippen LogP contribution in [0.1, 0.15) is 383 Å². The van der Waals surface area contributed by atoms with E-state index < -0.39 is 97.5 Å². The molecule has 0 bridgehead atoms. The molecule has 95 heavy (non-hydrogen) atoms. The highest BCUT2D eigenvalue weighted by Crippen LogP contribution is 2.45. The monoisotopic (exact) mass is 1400 g/mol. The molecule has 0 rings (SSSR count). The summed E-state index contributed by atoms with van der Waals surface area (Å²) in [5.41, 5.74) is 0. The van der Waals surface area contributed by atoms with E-state index in [-0.39, 0.29) is 25.7 Å². The maximum atomic E-state index is 13.1. The quantitative estimate of drug-likeness (QED) is 0.0222. The zero-order valence-electron chi connectivity index (χ0n) is 62.3. The van der Waals surface area contributed by atoms with E-state index in [1.807, 2.05) is 0 Å². The Morgan fingerprint density at radius 2 is 0.442 bits per heavy atom. The minimum Gasteiger partial charge on any atom is -0.462 e. The van der Waals surface area contributed by atoms with E-state index in [0.29, 0.717) is 37.5 Å². The lowest BCUT2D eigenvalue weighted by Gasteiger charge is -2.21. The third-order valence-electron chi connectivity index (χ3n) is 17.6. The Morgan fingerprint density at radius 3 is 0.653 bits per heavy atom. The fourth-order valence-corrected chi connectivity index (χ4v) is 13.1. The molecule has 0 fully saturated rings. The average Bonchev–Trinajstić information content (AvgIpc) is 1.41. The summed E-state index contributed by atoms with van der Waals surface area (Å²) in [7, 11) is -9.91. The number of carbonyl (C=O) groups excluding carboxylic acids is 4. The fraction of sp³-hybridized carbons (Fsp3) is 0.947. The molecule has 17 nitrogen and oxygen atoms in total. The first-order valence-electron chi connectivity index (χ1n) is 39.2. The van der Waals surface area contributed by atoms with Crippen LogP contribution < -0.4 is 0 Å². The smallest absolute Gasteiger partial charge is 0.462 e. The topological polar surface area (TPSA) is 237 Å². The van der Waals surface area contributed by atoms with Gasteiger partial charge >= 0.3 is 39.5 Å². The molecular formula is C76H148O17P2. The second kappa shape index (κ2) is 65.4. The highest BCUT2D eigenvalue weighted by atomic mass is 31.2. The van der Waals surface area contributed by atoms with Crippen molar-refractivity contribution in [3.05, 3.63) is 0 Å². The average molecular weight is 1400 g/mol. The molecule has 0 aromatic rings. The Labute approximate surface area is 581 Å². The van der Waals surface area contributed by atoms with Crippen molar-refractivity contribution >= 4 is 39.5 Å². The van der Waals surface area contributed by atoms with Gasteiger partial charge in [0.2, 0.25) is 0 Å². The van der Waals surface area contributed by atoms with Crippen LogP contribution in [0.5, 0.6) is 0 Å². The Bertz CT molecular complexity index is 1870. The molecule has 0 saturated carbocycles. The van der Waals surface area contributed by atoms with Gasteiger partial charge in [0.25, 0.3) is 0 Å². The van der Waals surface area contributed by atoms with E-state index in [4.69, 9.17) is 37.0 Å².